The normalized spacial score (nSPS) is 24.2. The molecule has 2 atom stereocenters. The van der Waals surface area contributed by atoms with Gasteiger partial charge in [0.25, 0.3) is 0 Å². The van der Waals surface area contributed by atoms with Crippen LogP contribution in [0, 0.1) is 17.8 Å². The van der Waals surface area contributed by atoms with Crippen LogP contribution in [-0.2, 0) is 11.2 Å². The highest BCUT2D eigenvalue weighted by molar-refractivity contribution is 5.98. The number of rotatable bonds is 5. The van der Waals surface area contributed by atoms with Crippen LogP contribution in [-0.4, -0.2) is 35.7 Å². The molecule has 0 radical (unpaired) electrons. The lowest BCUT2D eigenvalue weighted by Gasteiger charge is -2.35. The molecule has 2 unspecified atom stereocenters. The molecule has 3 rings (SSSR count). The smallest absolute Gasteiger partial charge is 0.225 e. The Morgan fingerprint density at radius 3 is 2.30 bits per heavy atom. The van der Waals surface area contributed by atoms with Crippen LogP contribution in [0.5, 0.6) is 0 Å². The summed E-state index contributed by atoms with van der Waals surface area (Å²) in [5, 5.41) is 0. The summed E-state index contributed by atoms with van der Waals surface area (Å²) in [5.41, 5.74) is 8.14. The Morgan fingerprint density at radius 1 is 1.04 bits per heavy atom. The molecule has 0 aromatic heterocycles. The van der Waals surface area contributed by atoms with Crippen LogP contribution in [0.2, 0.25) is 0 Å². The quantitative estimate of drug-likeness (QED) is 0.801. The summed E-state index contributed by atoms with van der Waals surface area (Å²) >= 11 is 0. The number of nitrogens with two attached hydrogens (primary N) is 1. The predicted octanol–water partition coefficient (Wildman–Crippen LogP) is 3.82. The summed E-state index contributed by atoms with van der Waals surface area (Å²) in [6.45, 7) is 5.81. The van der Waals surface area contributed by atoms with Crippen molar-refractivity contribution in [2.45, 2.75) is 64.8 Å². The molecule has 4 heteroatoms. The number of benzene rings is 1. The number of hydrogen-bond donors (Lipinski definition) is 1. The topological polar surface area (TPSA) is 63.4 Å². The van der Waals surface area contributed by atoms with E-state index in [2.05, 4.69) is 26.0 Å². The van der Waals surface area contributed by atoms with Gasteiger partial charge >= 0.3 is 0 Å². The number of Topliss-reactive ketones (excluding diaryl/α,β-unsaturated/α-hetero) is 1. The Morgan fingerprint density at radius 2 is 1.70 bits per heavy atom. The van der Waals surface area contributed by atoms with Gasteiger partial charge < -0.3 is 10.6 Å². The minimum atomic E-state index is 0.0404. The Labute approximate surface area is 163 Å². The predicted molar refractivity (Wildman–Crippen MR) is 109 cm³/mol. The van der Waals surface area contributed by atoms with Crippen molar-refractivity contribution >= 4 is 11.7 Å². The van der Waals surface area contributed by atoms with Gasteiger partial charge in [0.15, 0.2) is 5.78 Å². The highest BCUT2D eigenvalue weighted by Crippen LogP contribution is 2.28. The molecule has 148 valence electrons. The number of carbonyl (C=O) groups is 2. The van der Waals surface area contributed by atoms with Gasteiger partial charge in [0.05, 0.1) is 0 Å². The van der Waals surface area contributed by atoms with E-state index in [0.717, 1.165) is 50.5 Å². The molecule has 0 spiro atoms. The van der Waals surface area contributed by atoms with Crippen molar-refractivity contribution in [3.8, 4) is 0 Å². The molecule has 2 aliphatic rings. The molecule has 1 aliphatic carbocycles. The van der Waals surface area contributed by atoms with Crippen molar-refractivity contribution in [1.82, 2.24) is 4.90 Å². The molecule has 1 aromatic carbocycles. The van der Waals surface area contributed by atoms with Crippen molar-refractivity contribution < 1.29 is 9.59 Å². The number of ketones is 1. The number of piperidine rings is 1. The van der Waals surface area contributed by atoms with Crippen LogP contribution in [0.3, 0.4) is 0 Å². The molecule has 1 aromatic rings. The summed E-state index contributed by atoms with van der Waals surface area (Å²) in [7, 11) is 0. The van der Waals surface area contributed by atoms with Crippen molar-refractivity contribution in [2.75, 3.05) is 13.1 Å². The molecule has 27 heavy (non-hydrogen) atoms. The van der Waals surface area contributed by atoms with Crippen LogP contribution < -0.4 is 5.73 Å². The van der Waals surface area contributed by atoms with Gasteiger partial charge in [-0.2, -0.15) is 0 Å². The Balaban J connectivity index is 1.52. The summed E-state index contributed by atoms with van der Waals surface area (Å²) in [4.78, 5) is 27.6. The average Bonchev–Trinajstić information content (AvgIpc) is 2.67. The third kappa shape index (κ3) is 5.19. The van der Waals surface area contributed by atoms with Gasteiger partial charge in [0, 0.05) is 36.5 Å². The van der Waals surface area contributed by atoms with Gasteiger partial charge in [-0.3, -0.25) is 9.59 Å². The average molecular weight is 371 g/mol. The largest absolute Gasteiger partial charge is 0.342 e. The maximum Gasteiger partial charge on any atom is 0.225 e. The zero-order chi connectivity index (χ0) is 19.4. The van der Waals surface area contributed by atoms with Crippen LogP contribution in [0.25, 0.3) is 0 Å². The van der Waals surface area contributed by atoms with Crippen LogP contribution in [0.15, 0.2) is 24.3 Å². The first kappa shape index (κ1) is 20.1. The lowest BCUT2D eigenvalue weighted by molar-refractivity contribution is -0.138. The maximum atomic E-state index is 12.8. The zero-order valence-electron chi connectivity index (χ0n) is 16.8. The first-order valence-corrected chi connectivity index (χ1v) is 10.6. The van der Waals surface area contributed by atoms with Crippen LogP contribution in [0.1, 0.15) is 68.3 Å². The number of likely N-dealkylation sites (tertiary alicyclic amines) is 1. The van der Waals surface area contributed by atoms with Gasteiger partial charge in [-0.15, -0.1) is 0 Å². The lowest BCUT2D eigenvalue weighted by Crippen LogP contribution is -2.45. The maximum absolute atomic E-state index is 12.8. The molecule has 1 saturated heterocycles. The van der Waals surface area contributed by atoms with E-state index >= 15 is 0 Å². The van der Waals surface area contributed by atoms with Gasteiger partial charge in [0.1, 0.15) is 0 Å². The second-order valence-corrected chi connectivity index (χ2v) is 8.88. The fourth-order valence-electron chi connectivity index (χ4n) is 4.58. The van der Waals surface area contributed by atoms with Crippen LogP contribution in [0.4, 0.5) is 0 Å². The van der Waals surface area contributed by atoms with E-state index in [0.29, 0.717) is 19.0 Å². The fraction of sp³-hybridized carbons (Fsp3) is 0.652. The summed E-state index contributed by atoms with van der Waals surface area (Å²) in [5.74, 6) is 1.24. The standard InChI is InChI=1S/C23H34N2O2/c1-16(2)14-17-6-8-18(9-7-17)22(26)19-10-12-25(13-11-19)23(27)20-4-3-5-21(24)15-20/h6-9,16,19-21H,3-5,10-15,24H2,1-2H3. The van der Waals surface area contributed by atoms with E-state index in [1.54, 1.807) is 0 Å². The van der Waals surface area contributed by atoms with E-state index in [1.165, 1.54) is 5.56 Å². The fourth-order valence-corrected chi connectivity index (χ4v) is 4.58. The third-order valence-corrected chi connectivity index (χ3v) is 6.12. The molecule has 1 heterocycles. The summed E-state index contributed by atoms with van der Waals surface area (Å²) < 4.78 is 0. The molecule has 0 bridgehead atoms. The van der Waals surface area contributed by atoms with E-state index in [1.807, 2.05) is 17.0 Å². The minimum absolute atomic E-state index is 0.0404. The molecule has 1 saturated carbocycles. The molecular weight excluding hydrogens is 336 g/mol. The van der Waals surface area contributed by atoms with Crippen molar-refractivity contribution in [2.24, 2.45) is 23.5 Å². The van der Waals surface area contributed by atoms with Gasteiger partial charge in [0.2, 0.25) is 5.91 Å². The van der Waals surface area contributed by atoms with Gasteiger partial charge in [-0.05, 0) is 50.0 Å². The molecule has 1 amide bonds. The molecule has 1 aliphatic heterocycles. The summed E-state index contributed by atoms with van der Waals surface area (Å²) in [6.07, 6.45) is 6.47. The Hall–Kier alpha value is -1.68. The Kier molecular flexibility index (Phi) is 6.69. The van der Waals surface area contributed by atoms with E-state index in [-0.39, 0.29) is 29.6 Å². The molecule has 4 nitrogen and oxygen atoms in total. The van der Waals surface area contributed by atoms with E-state index < -0.39 is 0 Å². The second kappa shape index (κ2) is 9.01. The first-order valence-electron chi connectivity index (χ1n) is 10.6. The third-order valence-electron chi connectivity index (χ3n) is 6.12. The lowest BCUT2D eigenvalue weighted by atomic mass is 9.84. The zero-order valence-corrected chi connectivity index (χ0v) is 16.8. The SMILES string of the molecule is CC(C)Cc1ccc(C(=O)C2CCN(C(=O)C3CCCC(N)C3)CC2)cc1. The first-order chi connectivity index (χ1) is 12.9. The van der Waals surface area contributed by atoms with Crippen LogP contribution >= 0.6 is 0 Å². The van der Waals surface area contributed by atoms with E-state index in [9.17, 15) is 9.59 Å². The van der Waals surface area contributed by atoms with Gasteiger partial charge in [-0.25, -0.2) is 0 Å². The van der Waals surface area contributed by atoms with Crippen molar-refractivity contribution in [3.05, 3.63) is 35.4 Å². The van der Waals surface area contributed by atoms with Gasteiger partial charge in [-0.1, -0.05) is 44.5 Å². The van der Waals surface area contributed by atoms with E-state index in [4.69, 9.17) is 5.73 Å². The highest BCUT2D eigenvalue weighted by Gasteiger charge is 2.33. The number of hydrogen-bond acceptors (Lipinski definition) is 3. The summed E-state index contributed by atoms with van der Waals surface area (Å²) in [6, 6.07) is 8.28. The molecule has 2 fully saturated rings. The Bertz CT molecular complexity index is 645. The van der Waals surface area contributed by atoms with Crippen molar-refractivity contribution in [3.63, 3.8) is 0 Å². The highest BCUT2D eigenvalue weighted by atomic mass is 16.2. The monoisotopic (exact) mass is 370 g/mol. The molecule has 2 N–H and O–H groups in total. The minimum Gasteiger partial charge on any atom is -0.342 e. The number of carbonyl (C=O) groups excluding carboxylic acids is 2. The second-order valence-electron chi connectivity index (χ2n) is 8.88. The number of amides is 1. The number of nitrogens with zero attached hydrogens (tertiary/aromatic N) is 1. The molecular formula is C23H34N2O2. The van der Waals surface area contributed by atoms with Crippen molar-refractivity contribution in [1.29, 1.82) is 0 Å².